The molecule has 2 atom stereocenters. The lowest BCUT2D eigenvalue weighted by atomic mass is 9.98. The van der Waals surface area contributed by atoms with Crippen molar-refractivity contribution < 1.29 is 17.7 Å². The van der Waals surface area contributed by atoms with Gasteiger partial charge >= 0.3 is 6.18 Å². The van der Waals surface area contributed by atoms with Crippen molar-refractivity contribution in [2.24, 2.45) is 0 Å². The van der Waals surface area contributed by atoms with Crippen molar-refractivity contribution in [1.29, 1.82) is 0 Å². The average molecular weight is 343 g/mol. The van der Waals surface area contributed by atoms with E-state index in [4.69, 9.17) is 4.52 Å². The number of hydrogen-bond acceptors (Lipinski definition) is 5. The number of aromatic nitrogens is 2. The second kappa shape index (κ2) is 8.12. The van der Waals surface area contributed by atoms with Crippen LogP contribution in [0.25, 0.3) is 0 Å². The lowest BCUT2D eigenvalue weighted by molar-refractivity contribution is -0.148. The Hall–Kier alpha value is -0.860. The van der Waals surface area contributed by atoms with E-state index in [1.165, 1.54) is 4.90 Å². The van der Waals surface area contributed by atoms with Crippen LogP contribution in [0.15, 0.2) is 4.52 Å². The van der Waals surface area contributed by atoms with Gasteiger partial charge in [-0.1, -0.05) is 5.16 Å². The Labute approximate surface area is 134 Å². The standard InChI is InChI=1S/C13H21F3N4O.ClH/c1-9(17-2)6-11-18-12(21-19-11)10-4-3-5-20(7-10)8-13(14,15)16;/h9-10,17H,3-8H2,1-2H3;1H. The summed E-state index contributed by atoms with van der Waals surface area (Å²) < 4.78 is 42.6. The molecule has 0 aromatic carbocycles. The zero-order valence-corrected chi connectivity index (χ0v) is 13.5. The molecule has 0 radical (unpaired) electrons. The van der Waals surface area contributed by atoms with Gasteiger partial charge in [-0.2, -0.15) is 18.2 Å². The fraction of sp³-hybridized carbons (Fsp3) is 0.846. The van der Waals surface area contributed by atoms with Crippen LogP contribution in [0, 0.1) is 0 Å². The van der Waals surface area contributed by atoms with Crippen LogP contribution in [-0.2, 0) is 6.42 Å². The van der Waals surface area contributed by atoms with Crippen molar-refractivity contribution in [3.63, 3.8) is 0 Å². The van der Waals surface area contributed by atoms with Gasteiger partial charge in [0.15, 0.2) is 5.82 Å². The van der Waals surface area contributed by atoms with E-state index in [1.807, 2.05) is 14.0 Å². The largest absolute Gasteiger partial charge is 0.401 e. The number of likely N-dealkylation sites (tertiary alicyclic amines) is 1. The third kappa shape index (κ3) is 5.73. The van der Waals surface area contributed by atoms with Gasteiger partial charge < -0.3 is 9.84 Å². The molecule has 0 bridgehead atoms. The third-order valence-electron chi connectivity index (χ3n) is 3.72. The summed E-state index contributed by atoms with van der Waals surface area (Å²) in [5, 5.41) is 6.99. The van der Waals surface area contributed by atoms with E-state index in [9.17, 15) is 13.2 Å². The van der Waals surface area contributed by atoms with Gasteiger partial charge in [-0.3, -0.25) is 4.90 Å². The highest BCUT2D eigenvalue weighted by Crippen LogP contribution is 2.28. The first kappa shape index (κ1) is 19.2. The van der Waals surface area contributed by atoms with Gasteiger partial charge in [0.05, 0.1) is 12.5 Å². The summed E-state index contributed by atoms with van der Waals surface area (Å²) >= 11 is 0. The van der Waals surface area contributed by atoms with E-state index < -0.39 is 12.7 Å². The predicted molar refractivity (Wildman–Crippen MR) is 78.2 cm³/mol. The second-order valence-electron chi connectivity index (χ2n) is 5.63. The molecule has 2 heterocycles. The number of halogens is 4. The number of alkyl halides is 3. The highest BCUT2D eigenvalue weighted by Gasteiger charge is 2.34. The number of nitrogens with one attached hydrogen (secondary N) is 1. The molecule has 1 fully saturated rings. The molecule has 1 aliphatic rings. The van der Waals surface area contributed by atoms with Gasteiger partial charge in [0.1, 0.15) is 0 Å². The van der Waals surface area contributed by atoms with E-state index in [-0.39, 0.29) is 24.4 Å². The Balaban J connectivity index is 0.00000242. The van der Waals surface area contributed by atoms with E-state index in [2.05, 4.69) is 15.5 Å². The zero-order valence-electron chi connectivity index (χ0n) is 12.7. The Bertz CT molecular complexity index is 455. The summed E-state index contributed by atoms with van der Waals surface area (Å²) in [6.07, 6.45) is -2.02. The summed E-state index contributed by atoms with van der Waals surface area (Å²) in [6.45, 7) is 1.92. The molecule has 2 rings (SSSR count). The van der Waals surface area contributed by atoms with Gasteiger partial charge in [0.2, 0.25) is 5.89 Å². The number of piperidine rings is 1. The Morgan fingerprint density at radius 1 is 1.45 bits per heavy atom. The topological polar surface area (TPSA) is 54.2 Å². The normalized spacial score (nSPS) is 21.4. The van der Waals surface area contributed by atoms with Crippen LogP contribution in [0.2, 0.25) is 0 Å². The van der Waals surface area contributed by atoms with Gasteiger partial charge in [-0.05, 0) is 33.4 Å². The van der Waals surface area contributed by atoms with Crippen LogP contribution in [0.3, 0.4) is 0 Å². The molecule has 1 aliphatic heterocycles. The molecule has 1 aromatic rings. The highest BCUT2D eigenvalue weighted by atomic mass is 35.5. The molecule has 0 spiro atoms. The summed E-state index contributed by atoms with van der Waals surface area (Å²) in [7, 11) is 1.85. The lowest BCUT2D eigenvalue weighted by Crippen LogP contribution is -2.40. The Morgan fingerprint density at radius 3 is 2.82 bits per heavy atom. The molecule has 0 amide bonds. The highest BCUT2D eigenvalue weighted by molar-refractivity contribution is 5.85. The number of rotatable bonds is 5. The number of hydrogen-bond donors (Lipinski definition) is 1. The van der Waals surface area contributed by atoms with E-state index >= 15 is 0 Å². The first-order chi connectivity index (χ1) is 9.87. The van der Waals surface area contributed by atoms with Crippen molar-refractivity contribution in [3.05, 3.63) is 11.7 Å². The van der Waals surface area contributed by atoms with Crippen molar-refractivity contribution in [1.82, 2.24) is 20.4 Å². The summed E-state index contributed by atoms with van der Waals surface area (Å²) in [4.78, 5) is 5.74. The molecule has 9 heteroatoms. The van der Waals surface area contributed by atoms with Crippen LogP contribution in [-0.4, -0.2) is 53.9 Å². The monoisotopic (exact) mass is 342 g/mol. The van der Waals surface area contributed by atoms with Gasteiger partial charge in [0, 0.05) is 19.0 Å². The van der Waals surface area contributed by atoms with E-state index in [0.717, 1.165) is 6.42 Å². The number of nitrogens with zero attached hydrogens (tertiary/aromatic N) is 3. The summed E-state index contributed by atoms with van der Waals surface area (Å²) in [5.41, 5.74) is 0. The van der Waals surface area contributed by atoms with Crippen molar-refractivity contribution in [3.8, 4) is 0 Å². The molecule has 0 saturated carbocycles. The number of likely N-dealkylation sites (N-methyl/N-ethyl adjacent to an activating group) is 1. The van der Waals surface area contributed by atoms with Crippen molar-refractivity contribution in [2.75, 3.05) is 26.7 Å². The predicted octanol–water partition coefficient (Wildman–Crippen LogP) is 2.38. The molecule has 5 nitrogen and oxygen atoms in total. The van der Waals surface area contributed by atoms with Crippen molar-refractivity contribution >= 4 is 12.4 Å². The molecular weight excluding hydrogens is 321 g/mol. The Morgan fingerprint density at radius 2 is 2.18 bits per heavy atom. The minimum absolute atomic E-state index is 0. The summed E-state index contributed by atoms with van der Waals surface area (Å²) in [5.74, 6) is 0.951. The molecule has 2 unspecified atom stereocenters. The molecule has 1 saturated heterocycles. The molecule has 128 valence electrons. The van der Waals surface area contributed by atoms with E-state index in [0.29, 0.717) is 37.6 Å². The molecule has 1 aromatic heterocycles. The quantitative estimate of drug-likeness (QED) is 0.890. The minimum atomic E-state index is -4.16. The molecule has 1 N–H and O–H groups in total. The SMILES string of the molecule is CNC(C)Cc1noc(C2CCCN(CC(F)(F)F)C2)n1.Cl. The first-order valence-electron chi connectivity index (χ1n) is 7.16. The van der Waals surface area contributed by atoms with Crippen molar-refractivity contribution in [2.45, 2.75) is 44.3 Å². The van der Waals surface area contributed by atoms with E-state index in [1.54, 1.807) is 0 Å². The zero-order chi connectivity index (χ0) is 15.5. The van der Waals surface area contributed by atoms with Crippen LogP contribution in [0.4, 0.5) is 13.2 Å². The van der Waals surface area contributed by atoms with Gasteiger partial charge in [-0.25, -0.2) is 0 Å². The van der Waals surface area contributed by atoms with Crippen LogP contribution < -0.4 is 5.32 Å². The average Bonchev–Trinajstić information content (AvgIpc) is 2.85. The third-order valence-corrected chi connectivity index (χ3v) is 3.72. The smallest absolute Gasteiger partial charge is 0.339 e. The van der Waals surface area contributed by atoms with Gasteiger partial charge in [-0.15, -0.1) is 12.4 Å². The van der Waals surface area contributed by atoms with Crippen LogP contribution in [0.1, 0.15) is 37.4 Å². The Kier molecular flexibility index (Phi) is 7.08. The fourth-order valence-electron chi connectivity index (χ4n) is 2.55. The first-order valence-corrected chi connectivity index (χ1v) is 7.16. The van der Waals surface area contributed by atoms with Gasteiger partial charge in [0.25, 0.3) is 0 Å². The maximum absolute atomic E-state index is 12.5. The maximum atomic E-state index is 12.5. The molecule has 0 aliphatic carbocycles. The molecular formula is C13H22ClF3N4O. The second-order valence-corrected chi connectivity index (χ2v) is 5.63. The maximum Gasteiger partial charge on any atom is 0.401 e. The van der Waals surface area contributed by atoms with Crippen LogP contribution in [0.5, 0.6) is 0 Å². The van der Waals surface area contributed by atoms with Crippen LogP contribution >= 0.6 is 12.4 Å². The lowest BCUT2D eigenvalue weighted by Gasteiger charge is -2.31. The fourth-order valence-corrected chi connectivity index (χ4v) is 2.55. The minimum Gasteiger partial charge on any atom is -0.339 e. The molecule has 22 heavy (non-hydrogen) atoms. The summed E-state index contributed by atoms with van der Waals surface area (Å²) in [6, 6.07) is 0.225.